The summed E-state index contributed by atoms with van der Waals surface area (Å²) in [5, 5.41) is 11.7. The molecule has 0 aliphatic heterocycles. The summed E-state index contributed by atoms with van der Waals surface area (Å²) in [4.78, 5) is 10.0. The number of ether oxygens (including phenoxy) is 1. The normalized spacial score (nSPS) is 9.55. The van der Waals surface area contributed by atoms with E-state index in [-0.39, 0.29) is 6.61 Å². The van der Waals surface area contributed by atoms with Crippen molar-refractivity contribution in [3.05, 3.63) is 12.0 Å². The van der Waals surface area contributed by atoms with E-state index in [1.807, 2.05) is 0 Å². The van der Waals surface area contributed by atoms with Crippen LogP contribution < -0.4 is 4.74 Å². The third kappa shape index (κ3) is 1.96. The predicted octanol–water partition coefficient (Wildman–Crippen LogP) is 0.446. The molecule has 0 spiro atoms. The summed E-state index contributed by atoms with van der Waals surface area (Å²) in [5.74, 6) is -0.655. The van der Waals surface area contributed by atoms with Gasteiger partial charge in [-0.1, -0.05) is 5.16 Å². The molecule has 0 aromatic carbocycles. The van der Waals surface area contributed by atoms with Crippen molar-refractivity contribution >= 4 is 5.97 Å². The number of rotatable bonds is 3. The molecule has 1 aromatic rings. The number of carboxylic acids is 1. The molecule has 0 unspecified atom stereocenters. The van der Waals surface area contributed by atoms with Crippen LogP contribution in [0.3, 0.4) is 0 Å². The molecule has 0 atom stereocenters. The van der Waals surface area contributed by atoms with Gasteiger partial charge >= 0.3 is 5.97 Å². The predicted molar refractivity (Wildman–Crippen MR) is 34.4 cm³/mol. The largest absolute Gasteiger partial charge is 0.479 e. The minimum Gasteiger partial charge on any atom is -0.479 e. The van der Waals surface area contributed by atoms with Crippen molar-refractivity contribution in [3.63, 3.8) is 0 Å². The molecule has 5 heteroatoms. The van der Waals surface area contributed by atoms with Gasteiger partial charge in [0.25, 0.3) is 0 Å². The van der Waals surface area contributed by atoms with Crippen LogP contribution in [0.25, 0.3) is 0 Å². The Morgan fingerprint density at radius 1 is 1.91 bits per heavy atom. The summed E-state index contributed by atoms with van der Waals surface area (Å²) in [5.41, 5.74) is 0.547. The minimum absolute atomic E-state index is 0.368. The van der Waals surface area contributed by atoms with Crippen LogP contribution in [0.2, 0.25) is 0 Å². The fourth-order valence-electron chi connectivity index (χ4n) is 0.561. The molecule has 5 nitrogen and oxygen atoms in total. The zero-order chi connectivity index (χ0) is 8.27. The number of carboxylic acid groups (broad SMARTS) is 1. The number of aliphatic carboxylic acids is 1. The molecule has 0 radical (unpaired) electrons. The van der Waals surface area contributed by atoms with Crippen LogP contribution in [0.15, 0.2) is 10.8 Å². The molecule has 0 saturated heterocycles. The lowest BCUT2D eigenvalue weighted by molar-refractivity contribution is -0.139. The average Bonchev–Trinajstić information content (AvgIpc) is 2.31. The highest BCUT2D eigenvalue weighted by Gasteiger charge is 2.05. The molecule has 11 heavy (non-hydrogen) atoms. The Kier molecular flexibility index (Phi) is 2.10. The topological polar surface area (TPSA) is 72.6 Å². The molecular weight excluding hydrogens is 150 g/mol. The molecule has 60 valence electrons. The first-order chi connectivity index (χ1) is 5.20. The lowest BCUT2D eigenvalue weighted by Crippen LogP contribution is -2.09. The lowest BCUT2D eigenvalue weighted by atomic mass is 10.4. The second-order valence-electron chi connectivity index (χ2n) is 1.95. The first-order valence-corrected chi connectivity index (χ1v) is 2.95. The molecule has 1 N–H and O–H groups in total. The van der Waals surface area contributed by atoms with E-state index in [9.17, 15) is 4.79 Å². The van der Waals surface area contributed by atoms with Crippen molar-refractivity contribution in [2.75, 3.05) is 6.61 Å². The smallest absolute Gasteiger partial charge is 0.341 e. The quantitative estimate of drug-likeness (QED) is 0.689. The van der Waals surface area contributed by atoms with Crippen molar-refractivity contribution in [1.82, 2.24) is 5.16 Å². The van der Waals surface area contributed by atoms with Gasteiger partial charge < -0.3 is 14.4 Å². The number of aromatic nitrogens is 1. The third-order valence-electron chi connectivity index (χ3n) is 1.06. The molecule has 1 aromatic heterocycles. The van der Waals surface area contributed by atoms with Gasteiger partial charge in [-0.3, -0.25) is 0 Å². The van der Waals surface area contributed by atoms with E-state index in [2.05, 4.69) is 9.68 Å². The number of aryl methyl sites for hydroxylation is 1. The number of hydrogen-bond donors (Lipinski definition) is 1. The highest BCUT2D eigenvalue weighted by molar-refractivity contribution is 5.68. The summed E-state index contributed by atoms with van der Waals surface area (Å²) < 4.78 is 9.29. The molecule has 0 fully saturated rings. The van der Waals surface area contributed by atoms with Crippen LogP contribution in [-0.4, -0.2) is 22.8 Å². The maximum Gasteiger partial charge on any atom is 0.341 e. The monoisotopic (exact) mass is 157 g/mol. The molecule has 0 aliphatic carbocycles. The van der Waals surface area contributed by atoms with Crippen molar-refractivity contribution in [1.29, 1.82) is 0 Å². The lowest BCUT2D eigenvalue weighted by Gasteiger charge is -1.97. The SMILES string of the molecule is Cc1nocc1OCC(=O)O. The molecular formula is C6H7NO4. The standard InChI is InChI=1S/C6H7NO4/c1-4-5(2-11-7-4)10-3-6(8)9/h2H,3H2,1H3,(H,8,9). The first kappa shape index (κ1) is 7.59. The van der Waals surface area contributed by atoms with Crippen molar-refractivity contribution in [3.8, 4) is 5.75 Å². The summed E-state index contributed by atoms with van der Waals surface area (Å²) in [6.07, 6.45) is 1.26. The van der Waals surface area contributed by atoms with E-state index in [0.717, 1.165) is 0 Å². The van der Waals surface area contributed by atoms with Gasteiger partial charge in [-0.25, -0.2) is 4.79 Å². The molecule has 1 rings (SSSR count). The van der Waals surface area contributed by atoms with Gasteiger partial charge in [0.05, 0.1) is 0 Å². The number of hydrogen-bond acceptors (Lipinski definition) is 4. The zero-order valence-corrected chi connectivity index (χ0v) is 5.90. The van der Waals surface area contributed by atoms with Gasteiger partial charge in [-0.05, 0) is 6.92 Å². The third-order valence-corrected chi connectivity index (χ3v) is 1.06. The maximum atomic E-state index is 10.0. The van der Waals surface area contributed by atoms with Gasteiger partial charge in [-0.2, -0.15) is 0 Å². The Morgan fingerprint density at radius 3 is 3.09 bits per heavy atom. The fraction of sp³-hybridized carbons (Fsp3) is 0.333. The Balaban J connectivity index is 2.51. The maximum absolute atomic E-state index is 10.0. The van der Waals surface area contributed by atoms with Gasteiger partial charge in [0.1, 0.15) is 5.69 Å². The van der Waals surface area contributed by atoms with Crippen LogP contribution in [0, 0.1) is 6.92 Å². The van der Waals surface area contributed by atoms with Gasteiger partial charge in [0, 0.05) is 0 Å². The fourth-order valence-corrected chi connectivity index (χ4v) is 0.561. The van der Waals surface area contributed by atoms with Crippen LogP contribution >= 0.6 is 0 Å². The van der Waals surface area contributed by atoms with E-state index in [0.29, 0.717) is 11.4 Å². The highest BCUT2D eigenvalue weighted by Crippen LogP contribution is 2.14. The van der Waals surface area contributed by atoms with E-state index in [1.165, 1.54) is 6.26 Å². The summed E-state index contributed by atoms with van der Waals surface area (Å²) in [6.45, 7) is 1.29. The van der Waals surface area contributed by atoms with E-state index < -0.39 is 5.97 Å². The molecule has 0 saturated carbocycles. The van der Waals surface area contributed by atoms with Crippen molar-refractivity contribution in [2.24, 2.45) is 0 Å². The van der Waals surface area contributed by atoms with Crippen molar-refractivity contribution < 1.29 is 19.2 Å². The molecule has 0 bridgehead atoms. The molecule has 0 aliphatic rings. The second-order valence-corrected chi connectivity index (χ2v) is 1.95. The number of nitrogens with zero attached hydrogens (tertiary/aromatic N) is 1. The van der Waals surface area contributed by atoms with Gasteiger partial charge in [0.15, 0.2) is 18.6 Å². The van der Waals surface area contributed by atoms with Crippen molar-refractivity contribution in [2.45, 2.75) is 6.92 Å². The summed E-state index contributed by atoms with van der Waals surface area (Å²) >= 11 is 0. The zero-order valence-electron chi connectivity index (χ0n) is 5.90. The molecule has 1 heterocycles. The Morgan fingerprint density at radius 2 is 2.64 bits per heavy atom. The Bertz CT molecular complexity index is 255. The summed E-state index contributed by atoms with van der Waals surface area (Å²) in [7, 11) is 0. The summed E-state index contributed by atoms with van der Waals surface area (Å²) in [6, 6.07) is 0. The van der Waals surface area contributed by atoms with Crippen LogP contribution in [0.5, 0.6) is 5.75 Å². The van der Waals surface area contributed by atoms with Crippen LogP contribution in [0.4, 0.5) is 0 Å². The van der Waals surface area contributed by atoms with Crippen LogP contribution in [-0.2, 0) is 4.79 Å². The molecule has 0 amide bonds. The average molecular weight is 157 g/mol. The van der Waals surface area contributed by atoms with Crippen LogP contribution in [0.1, 0.15) is 5.69 Å². The second kappa shape index (κ2) is 3.05. The first-order valence-electron chi connectivity index (χ1n) is 2.95. The van der Waals surface area contributed by atoms with E-state index in [1.54, 1.807) is 6.92 Å². The minimum atomic E-state index is -1.02. The Labute approximate surface area is 62.6 Å². The Hall–Kier alpha value is -1.52. The van der Waals surface area contributed by atoms with E-state index >= 15 is 0 Å². The number of carbonyl (C=O) groups is 1. The highest BCUT2D eigenvalue weighted by atomic mass is 16.5. The van der Waals surface area contributed by atoms with Gasteiger partial charge in [-0.15, -0.1) is 0 Å². The van der Waals surface area contributed by atoms with E-state index in [4.69, 9.17) is 9.84 Å². The van der Waals surface area contributed by atoms with Gasteiger partial charge in [0.2, 0.25) is 0 Å².